The first kappa shape index (κ1) is 15.6. The van der Waals surface area contributed by atoms with E-state index in [9.17, 15) is 8.42 Å². The molecule has 9 heteroatoms. The van der Waals surface area contributed by atoms with E-state index < -0.39 is 10.0 Å². The van der Waals surface area contributed by atoms with Crippen molar-refractivity contribution in [2.24, 2.45) is 11.1 Å². The lowest BCUT2D eigenvalue weighted by Gasteiger charge is -2.31. The maximum absolute atomic E-state index is 11.2. The maximum Gasteiger partial charge on any atom is 0.241 e. The summed E-state index contributed by atoms with van der Waals surface area (Å²) in [4.78, 5) is 6.53. The fourth-order valence-corrected chi connectivity index (χ4v) is 4.34. The summed E-state index contributed by atoms with van der Waals surface area (Å²) in [5, 5.41) is 13.1. The number of thiophene rings is 1. The van der Waals surface area contributed by atoms with Gasteiger partial charge < -0.3 is 4.52 Å². The van der Waals surface area contributed by atoms with Crippen LogP contribution in [-0.4, -0.2) is 42.3 Å². The van der Waals surface area contributed by atoms with E-state index >= 15 is 0 Å². The molecule has 3 heterocycles. The van der Waals surface area contributed by atoms with Crippen LogP contribution in [0.2, 0.25) is 0 Å². The van der Waals surface area contributed by atoms with Crippen molar-refractivity contribution in [3.05, 3.63) is 22.7 Å². The van der Waals surface area contributed by atoms with E-state index in [1.807, 2.05) is 16.8 Å². The summed E-state index contributed by atoms with van der Waals surface area (Å²) in [6.07, 6.45) is 1.84. The molecule has 3 rings (SSSR count). The fraction of sp³-hybridized carbons (Fsp3) is 0.538. The average Bonchev–Trinajstić information content (AvgIpc) is 3.07. The molecule has 0 aliphatic carbocycles. The van der Waals surface area contributed by atoms with Crippen LogP contribution in [0.15, 0.2) is 21.3 Å². The standard InChI is InChI=1S/C13H18N4O3S2/c14-22(18,19)9-10-2-1-4-17(6-10)7-12-15-13(16-20-12)11-3-5-21-8-11/h3,5,8,10H,1-2,4,6-7,9H2,(H2,14,18,19). The Labute approximate surface area is 133 Å². The van der Waals surface area contributed by atoms with E-state index in [-0.39, 0.29) is 11.7 Å². The van der Waals surface area contributed by atoms with Crippen LogP contribution in [0.5, 0.6) is 0 Å². The number of nitrogens with zero attached hydrogens (tertiary/aromatic N) is 3. The highest BCUT2D eigenvalue weighted by Gasteiger charge is 2.24. The summed E-state index contributed by atoms with van der Waals surface area (Å²) in [5.41, 5.74) is 0.950. The van der Waals surface area contributed by atoms with Crippen LogP contribution in [-0.2, 0) is 16.6 Å². The predicted molar refractivity (Wildman–Crippen MR) is 83.6 cm³/mol. The average molecular weight is 342 g/mol. The Morgan fingerprint density at radius 1 is 1.50 bits per heavy atom. The summed E-state index contributed by atoms with van der Waals surface area (Å²) in [6, 6.07) is 1.95. The van der Waals surface area contributed by atoms with E-state index in [0.717, 1.165) is 24.9 Å². The summed E-state index contributed by atoms with van der Waals surface area (Å²) < 4.78 is 27.7. The normalized spacial score (nSPS) is 20.3. The van der Waals surface area contributed by atoms with Crippen molar-refractivity contribution in [2.45, 2.75) is 19.4 Å². The molecule has 0 aromatic carbocycles. The quantitative estimate of drug-likeness (QED) is 0.878. The summed E-state index contributed by atoms with van der Waals surface area (Å²) in [6.45, 7) is 2.13. The molecule has 1 atom stereocenters. The monoisotopic (exact) mass is 342 g/mol. The molecule has 0 radical (unpaired) electrons. The zero-order valence-corrected chi connectivity index (χ0v) is 13.6. The third-order valence-electron chi connectivity index (χ3n) is 3.68. The molecule has 0 bridgehead atoms. The van der Waals surface area contributed by atoms with Gasteiger partial charge in [0.2, 0.25) is 21.7 Å². The van der Waals surface area contributed by atoms with Gasteiger partial charge in [-0.2, -0.15) is 16.3 Å². The van der Waals surface area contributed by atoms with Crippen molar-refractivity contribution in [3.63, 3.8) is 0 Å². The zero-order valence-electron chi connectivity index (χ0n) is 12.0. The van der Waals surface area contributed by atoms with Gasteiger partial charge in [0.1, 0.15) is 0 Å². The molecule has 120 valence electrons. The van der Waals surface area contributed by atoms with Crippen molar-refractivity contribution in [1.82, 2.24) is 15.0 Å². The minimum Gasteiger partial charge on any atom is -0.338 e. The smallest absolute Gasteiger partial charge is 0.241 e. The number of sulfonamides is 1. The first-order chi connectivity index (χ1) is 10.5. The van der Waals surface area contributed by atoms with E-state index in [4.69, 9.17) is 9.66 Å². The van der Waals surface area contributed by atoms with Gasteiger partial charge in [0, 0.05) is 17.5 Å². The van der Waals surface area contributed by atoms with Crippen molar-refractivity contribution in [3.8, 4) is 11.4 Å². The molecule has 1 aliphatic rings. The first-order valence-electron chi connectivity index (χ1n) is 7.07. The van der Waals surface area contributed by atoms with Gasteiger partial charge in [0.25, 0.3) is 0 Å². The Bertz CT molecular complexity index is 711. The second-order valence-corrected chi connectivity index (χ2v) is 8.04. The maximum atomic E-state index is 11.2. The Morgan fingerprint density at radius 3 is 3.09 bits per heavy atom. The SMILES string of the molecule is NS(=O)(=O)CC1CCCN(Cc2nc(-c3ccsc3)no2)C1. The second-order valence-electron chi connectivity index (χ2n) is 5.60. The van der Waals surface area contributed by atoms with E-state index in [2.05, 4.69) is 15.0 Å². The van der Waals surface area contributed by atoms with E-state index in [1.165, 1.54) is 0 Å². The van der Waals surface area contributed by atoms with Crippen LogP contribution in [0.1, 0.15) is 18.7 Å². The third-order valence-corrected chi connectivity index (χ3v) is 5.30. The van der Waals surface area contributed by atoms with Crippen LogP contribution in [0.25, 0.3) is 11.4 Å². The summed E-state index contributed by atoms with van der Waals surface area (Å²) in [5.74, 6) is 1.25. The Balaban J connectivity index is 1.61. The van der Waals surface area contributed by atoms with Gasteiger partial charge in [0.15, 0.2) is 0 Å². The number of aromatic nitrogens is 2. The van der Waals surface area contributed by atoms with Gasteiger partial charge in [-0.05, 0) is 36.8 Å². The molecule has 0 amide bonds. The lowest BCUT2D eigenvalue weighted by molar-refractivity contribution is 0.158. The summed E-state index contributed by atoms with van der Waals surface area (Å²) >= 11 is 1.58. The molecule has 1 unspecified atom stereocenters. The van der Waals surface area contributed by atoms with Gasteiger partial charge >= 0.3 is 0 Å². The number of nitrogens with two attached hydrogens (primary N) is 1. The topological polar surface area (TPSA) is 102 Å². The highest BCUT2D eigenvalue weighted by molar-refractivity contribution is 7.89. The largest absolute Gasteiger partial charge is 0.338 e. The van der Waals surface area contributed by atoms with Gasteiger partial charge in [-0.25, -0.2) is 13.6 Å². The van der Waals surface area contributed by atoms with Crippen LogP contribution in [0.4, 0.5) is 0 Å². The molecule has 22 heavy (non-hydrogen) atoms. The minimum absolute atomic E-state index is 0.0352. The molecular weight excluding hydrogens is 324 g/mol. The molecular formula is C13H18N4O3S2. The van der Waals surface area contributed by atoms with Gasteiger partial charge in [-0.3, -0.25) is 4.90 Å². The molecule has 1 fully saturated rings. The molecule has 1 saturated heterocycles. The molecule has 0 saturated carbocycles. The first-order valence-corrected chi connectivity index (χ1v) is 9.73. The molecule has 0 spiro atoms. The number of piperidine rings is 1. The summed E-state index contributed by atoms with van der Waals surface area (Å²) in [7, 11) is -3.42. The molecule has 2 aromatic heterocycles. The molecule has 7 nitrogen and oxygen atoms in total. The van der Waals surface area contributed by atoms with Crippen LogP contribution < -0.4 is 5.14 Å². The lowest BCUT2D eigenvalue weighted by Crippen LogP contribution is -2.38. The number of hydrogen-bond donors (Lipinski definition) is 1. The molecule has 2 aromatic rings. The second kappa shape index (κ2) is 6.45. The van der Waals surface area contributed by atoms with E-state index in [1.54, 1.807) is 11.3 Å². The lowest BCUT2D eigenvalue weighted by atomic mass is 10.0. The van der Waals surface area contributed by atoms with Crippen molar-refractivity contribution < 1.29 is 12.9 Å². The van der Waals surface area contributed by atoms with E-state index in [0.29, 0.717) is 24.8 Å². The van der Waals surface area contributed by atoms with Crippen molar-refractivity contribution in [2.75, 3.05) is 18.8 Å². The third kappa shape index (κ3) is 4.13. The van der Waals surface area contributed by atoms with Crippen LogP contribution in [0, 0.1) is 5.92 Å². The number of primary sulfonamides is 1. The zero-order chi connectivity index (χ0) is 15.6. The Kier molecular flexibility index (Phi) is 4.57. The van der Waals surface area contributed by atoms with Gasteiger partial charge in [0.05, 0.1) is 12.3 Å². The minimum atomic E-state index is -3.42. The number of rotatable bonds is 5. The Morgan fingerprint density at radius 2 is 2.36 bits per heavy atom. The van der Waals surface area contributed by atoms with Crippen LogP contribution >= 0.6 is 11.3 Å². The van der Waals surface area contributed by atoms with Crippen LogP contribution in [0.3, 0.4) is 0 Å². The predicted octanol–water partition coefficient (Wildman–Crippen LogP) is 1.30. The molecule has 2 N–H and O–H groups in total. The Hall–Kier alpha value is -1.29. The van der Waals surface area contributed by atoms with Gasteiger partial charge in [-0.15, -0.1) is 0 Å². The highest BCUT2D eigenvalue weighted by atomic mass is 32.2. The van der Waals surface area contributed by atoms with Crippen molar-refractivity contribution in [1.29, 1.82) is 0 Å². The number of hydrogen-bond acceptors (Lipinski definition) is 7. The molecule has 1 aliphatic heterocycles. The highest BCUT2D eigenvalue weighted by Crippen LogP contribution is 2.21. The fourth-order valence-electron chi connectivity index (χ4n) is 2.78. The van der Waals surface area contributed by atoms with Gasteiger partial charge in [-0.1, -0.05) is 5.16 Å². The van der Waals surface area contributed by atoms with Crippen molar-refractivity contribution >= 4 is 21.4 Å². The number of likely N-dealkylation sites (tertiary alicyclic amines) is 1.